The van der Waals surface area contributed by atoms with Gasteiger partial charge in [-0.3, -0.25) is 4.90 Å². The van der Waals surface area contributed by atoms with Crippen LogP contribution in [0.5, 0.6) is 5.75 Å². The molecule has 0 spiro atoms. The van der Waals surface area contributed by atoms with E-state index in [-0.39, 0.29) is 6.10 Å². The molecule has 25 heavy (non-hydrogen) atoms. The van der Waals surface area contributed by atoms with Gasteiger partial charge in [0.15, 0.2) is 5.75 Å². The number of rotatable bonds is 5. The van der Waals surface area contributed by atoms with Crippen LogP contribution in [0.1, 0.15) is 40.5 Å². The highest BCUT2D eigenvalue weighted by Gasteiger charge is 2.20. The van der Waals surface area contributed by atoms with Crippen LogP contribution in [0.15, 0.2) is 12.4 Å². The van der Waals surface area contributed by atoms with Crippen LogP contribution in [-0.4, -0.2) is 66.9 Å². The van der Waals surface area contributed by atoms with Crippen LogP contribution in [0, 0.1) is 5.92 Å². The summed E-state index contributed by atoms with van der Waals surface area (Å²) >= 11 is 0. The number of likely N-dealkylation sites (N-methyl/N-ethyl adjacent to an activating group) is 1. The highest BCUT2D eigenvalue weighted by molar-refractivity contribution is 5.31. The molecule has 3 heterocycles. The smallest absolute Gasteiger partial charge is 0.225 e. The number of aromatic nitrogens is 2. The van der Waals surface area contributed by atoms with Gasteiger partial charge in [0.25, 0.3) is 0 Å². The fraction of sp³-hybridized carbons (Fsp3) is 0.789. The summed E-state index contributed by atoms with van der Waals surface area (Å²) in [5.41, 5.74) is 0. The van der Waals surface area contributed by atoms with E-state index < -0.39 is 0 Å². The van der Waals surface area contributed by atoms with Gasteiger partial charge in [0, 0.05) is 26.2 Å². The second-order valence-electron chi connectivity index (χ2n) is 6.59. The van der Waals surface area contributed by atoms with Crippen molar-refractivity contribution in [1.82, 2.24) is 14.9 Å². The molecule has 1 aromatic heterocycles. The summed E-state index contributed by atoms with van der Waals surface area (Å²) in [6.07, 6.45) is 6.12. The minimum absolute atomic E-state index is 0.131. The Balaban J connectivity index is 0.00000109. The molecule has 2 aliphatic heterocycles. The Morgan fingerprint density at radius 2 is 1.84 bits per heavy atom. The SMILES string of the molecule is CC.CCN1CCO[C@@H](COc2cnc(N3CCC(C)CC3)nc2)C1. The third-order valence-corrected chi connectivity index (χ3v) is 4.79. The molecule has 6 heteroatoms. The number of hydrogen-bond acceptors (Lipinski definition) is 6. The first-order valence-corrected chi connectivity index (χ1v) is 9.78. The van der Waals surface area contributed by atoms with Crippen molar-refractivity contribution in [3.8, 4) is 5.75 Å². The zero-order chi connectivity index (χ0) is 18.1. The topological polar surface area (TPSA) is 50.7 Å². The van der Waals surface area contributed by atoms with Gasteiger partial charge in [-0.25, -0.2) is 9.97 Å². The minimum atomic E-state index is 0.131. The van der Waals surface area contributed by atoms with E-state index in [0.29, 0.717) is 6.61 Å². The second-order valence-corrected chi connectivity index (χ2v) is 6.59. The summed E-state index contributed by atoms with van der Waals surface area (Å²) in [6.45, 7) is 14.9. The highest BCUT2D eigenvalue weighted by Crippen LogP contribution is 2.20. The van der Waals surface area contributed by atoms with Crippen molar-refractivity contribution in [3.63, 3.8) is 0 Å². The average molecular weight is 351 g/mol. The number of morpholine rings is 1. The maximum atomic E-state index is 5.80. The Kier molecular flexibility index (Phi) is 8.41. The minimum Gasteiger partial charge on any atom is -0.488 e. The first-order chi connectivity index (χ1) is 12.2. The standard InChI is InChI=1S/C17H28N4O2.C2H6/c1-3-20-8-9-22-16(12-20)13-23-15-10-18-17(19-11-15)21-6-4-14(2)5-7-21;1-2/h10-11,14,16H,3-9,12-13H2,1-2H3;1-2H3/t16-;/m1./s1. The fourth-order valence-electron chi connectivity index (χ4n) is 3.11. The maximum Gasteiger partial charge on any atom is 0.225 e. The molecule has 2 aliphatic rings. The van der Waals surface area contributed by atoms with E-state index in [0.717, 1.165) is 56.9 Å². The molecule has 1 atom stereocenters. The molecule has 0 amide bonds. The van der Waals surface area contributed by atoms with Gasteiger partial charge in [-0.05, 0) is 25.3 Å². The van der Waals surface area contributed by atoms with E-state index in [1.807, 2.05) is 13.8 Å². The average Bonchev–Trinajstić information content (AvgIpc) is 2.69. The number of piperidine rings is 1. The Morgan fingerprint density at radius 1 is 1.16 bits per heavy atom. The molecule has 6 nitrogen and oxygen atoms in total. The molecule has 1 aromatic rings. The summed E-state index contributed by atoms with van der Waals surface area (Å²) in [5.74, 6) is 2.35. The van der Waals surface area contributed by atoms with Crippen LogP contribution in [0.25, 0.3) is 0 Å². The second kappa shape index (κ2) is 10.6. The predicted molar refractivity (Wildman–Crippen MR) is 101 cm³/mol. The molecular formula is C19H34N4O2. The third-order valence-electron chi connectivity index (χ3n) is 4.79. The van der Waals surface area contributed by atoms with Crippen LogP contribution >= 0.6 is 0 Å². The van der Waals surface area contributed by atoms with Crippen LogP contribution in [0.2, 0.25) is 0 Å². The molecule has 0 saturated carbocycles. The Bertz CT molecular complexity index is 475. The fourth-order valence-corrected chi connectivity index (χ4v) is 3.11. The van der Waals surface area contributed by atoms with Crippen molar-refractivity contribution < 1.29 is 9.47 Å². The van der Waals surface area contributed by atoms with Crippen molar-refractivity contribution in [2.75, 3.05) is 50.8 Å². The van der Waals surface area contributed by atoms with E-state index in [2.05, 4.69) is 33.6 Å². The van der Waals surface area contributed by atoms with Crippen LogP contribution in [-0.2, 0) is 4.74 Å². The van der Waals surface area contributed by atoms with Gasteiger partial charge in [0.05, 0.1) is 19.0 Å². The molecule has 0 N–H and O–H groups in total. The highest BCUT2D eigenvalue weighted by atomic mass is 16.5. The maximum absolute atomic E-state index is 5.80. The zero-order valence-corrected chi connectivity index (χ0v) is 16.3. The van der Waals surface area contributed by atoms with Gasteiger partial charge in [-0.1, -0.05) is 27.7 Å². The molecule has 0 aliphatic carbocycles. The van der Waals surface area contributed by atoms with E-state index >= 15 is 0 Å². The molecule has 0 bridgehead atoms. The monoisotopic (exact) mass is 350 g/mol. The van der Waals surface area contributed by atoms with Gasteiger partial charge < -0.3 is 14.4 Å². The lowest BCUT2D eigenvalue weighted by Gasteiger charge is -2.32. The molecule has 2 saturated heterocycles. The van der Waals surface area contributed by atoms with Crippen LogP contribution in [0.4, 0.5) is 5.95 Å². The van der Waals surface area contributed by atoms with Gasteiger partial charge in [0.1, 0.15) is 12.7 Å². The predicted octanol–water partition coefficient (Wildman–Crippen LogP) is 2.84. The molecule has 3 rings (SSSR count). The molecule has 0 aromatic carbocycles. The van der Waals surface area contributed by atoms with Crippen molar-refractivity contribution in [1.29, 1.82) is 0 Å². The largest absolute Gasteiger partial charge is 0.488 e. The van der Waals surface area contributed by atoms with Gasteiger partial charge in [-0.2, -0.15) is 0 Å². The number of ether oxygens (including phenoxy) is 2. The van der Waals surface area contributed by atoms with Gasteiger partial charge >= 0.3 is 0 Å². The molecule has 0 unspecified atom stereocenters. The zero-order valence-electron chi connectivity index (χ0n) is 16.3. The lowest BCUT2D eigenvalue weighted by molar-refractivity contribution is -0.0464. The van der Waals surface area contributed by atoms with E-state index in [4.69, 9.17) is 9.47 Å². The Hall–Kier alpha value is -1.40. The van der Waals surface area contributed by atoms with Crippen molar-refractivity contribution in [2.24, 2.45) is 5.92 Å². The Labute approximate surface area is 152 Å². The number of anilines is 1. The Morgan fingerprint density at radius 3 is 2.48 bits per heavy atom. The lowest BCUT2D eigenvalue weighted by Crippen LogP contribution is -2.44. The van der Waals surface area contributed by atoms with Crippen molar-refractivity contribution >= 4 is 5.95 Å². The number of nitrogens with zero attached hydrogens (tertiary/aromatic N) is 4. The summed E-state index contributed by atoms with van der Waals surface area (Å²) in [5, 5.41) is 0. The van der Waals surface area contributed by atoms with E-state index in [1.54, 1.807) is 12.4 Å². The normalized spacial score (nSPS) is 22.2. The third kappa shape index (κ3) is 6.12. The molecule has 142 valence electrons. The van der Waals surface area contributed by atoms with Crippen LogP contribution in [0.3, 0.4) is 0 Å². The van der Waals surface area contributed by atoms with Crippen molar-refractivity contribution in [2.45, 2.75) is 46.6 Å². The molecular weight excluding hydrogens is 316 g/mol. The van der Waals surface area contributed by atoms with Crippen molar-refractivity contribution in [3.05, 3.63) is 12.4 Å². The summed E-state index contributed by atoms with van der Waals surface area (Å²) in [4.78, 5) is 13.6. The van der Waals surface area contributed by atoms with Gasteiger partial charge in [-0.15, -0.1) is 0 Å². The first-order valence-electron chi connectivity index (χ1n) is 9.78. The number of hydrogen-bond donors (Lipinski definition) is 0. The quantitative estimate of drug-likeness (QED) is 0.814. The van der Waals surface area contributed by atoms with E-state index in [1.165, 1.54) is 12.8 Å². The lowest BCUT2D eigenvalue weighted by atomic mass is 10.00. The first kappa shape index (κ1) is 19.9. The molecule has 2 fully saturated rings. The van der Waals surface area contributed by atoms with Crippen LogP contribution < -0.4 is 9.64 Å². The van der Waals surface area contributed by atoms with E-state index in [9.17, 15) is 0 Å². The summed E-state index contributed by atoms with van der Waals surface area (Å²) < 4.78 is 11.5. The summed E-state index contributed by atoms with van der Waals surface area (Å²) in [6, 6.07) is 0. The summed E-state index contributed by atoms with van der Waals surface area (Å²) in [7, 11) is 0. The molecule has 0 radical (unpaired) electrons. The van der Waals surface area contributed by atoms with Gasteiger partial charge in [0.2, 0.25) is 5.95 Å².